The molecular formula is C14H21F2N3O2. The van der Waals surface area contributed by atoms with Crippen molar-refractivity contribution in [3.05, 3.63) is 18.0 Å². The van der Waals surface area contributed by atoms with Crippen molar-refractivity contribution in [1.82, 2.24) is 15.1 Å². The first-order valence-electron chi connectivity index (χ1n) is 7.13. The van der Waals surface area contributed by atoms with Gasteiger partial charge >= 0.3 is 0 Å². The van der Waals surface area contributed by atoms with Gasteiger partial charge in [-0.05, 0) is 39.2 Å². The molecule has 0 aliphatic carbocycles. The van der Waals surface area contributed by atoms with Crippen molar-refractivity contribution < 1.29 is 18.3 Å². The van der Waals surface area contributed by atoms with Crippen LogP contribution in [0.3, 0.4) is 0 Å². The maximum absolute atomic E-state index is 12.4. The number of halogens is 2. The quantitative estimate of drug-likeness (QED) is 0.907. The molecule has 7 heteroatoms. The molecule has 2 rings (SSSR count). The van der Waals surface area contributed by atoms with Crippen LogP contribution in [0.4, 0.5) is 8.78 Å². The summed E-state index contributed by atoms with van der Waals surface area (Å²) in [4.78, 5) is 12.0. The Morgan fingerprint density at radius 2 is 2.38 bits per heavy atom. The maximum atomic E-state index is 12.4. The average molecular weight is 301 g/mol. The van der Waals surface area contributed by atoms with E-state index in [-0.39, 0.29) is 17.4 Å². The lowest BCUT2D eigenvalue weighted by atomic mass is 9.95. The Bertz CT molecular complexity index is 488. The third kappa shape index (κ3) is 4.49. The molecule has 1 N–H and O–H groups in total. The van der Waals surface area contributed by atoms with Crippen molar-refractivity contribution in [2.24, 2.45) is 0 Å². The Morgan fingerprint density at radius 3 is 3.05 bits per heavy atom. The molecule has 0 aromatic carbocycles. The number of ether oxygens (including phenoxy) is 1. The van der Waals surface area contributed by atoms with Gasteiger partial charge in [0.1, 0.15) is 12.2 Å². The number of nitrogens with one attached hydrogen (secondary N) is 1. The van der Waals surface area contributed by atoms with Crippen molar-refractivity contribution >= 4 is 5.91 Å². The molecule has 5 nitrogen and oxygen atoms in total. The summed E-state index contributed by atoms with van der Waals surface area (Å²) in [5.74, 6) is -0.403. The second kappa shape index (κ2) is 6.51. The van der Waals surface area contributed by atoms with E-state index in [1.165, 1.54) is 12.3 Å². The summed E-state index contributed by atoms with van der Waals surface area (Å²) in [5, 5.41) is 6.48. The lowest BCUT2D eigenvalue weighted by Gasteiger charge is -2.36. The predicted molar refractivity (Wildman–Crippen MR) is 73.4 cm³/mol. The molecule has 0 spiro atoms. The zero-order valence-electron chi connectivity index (χ0n) is 12.3. The Labute approximate surface area is 122 Å². The SMILES string of the molecule is CC1(C)CCCC(CNC(=O)c2ccnn2CC(F)F)O1. The van der Waals surface area contributed by atoms with E-state index < -0.39 is 18.9 Å². The highest BCUT2D eigenvalue weighted by Gasteiger charge is 2.28. The monoisotopic (exact) mass is 301 g/mol. The van der Waals surface area contributed by atoms with Gasteiger partial charge in [-0.3, -0.25) is 9.48 Å². The summed E-state index contributed by atoms with van der Waals surface area (Å²) < 4.78 is 31.7. The van der Waals surface area contributed by atoms with Crippen LogP contribution in [0.15, 0.2) is 12.3 Å². The van der Waals surface area contributed by atoms with Crippen molar-refractivity contribution in [3.63, 3.8) is 0 Å². The Morgan fingerprint density at radius 1 is 1.62 bits per heavy atom. The van der Waals surface area contributed by atoms with E-state index in [0.717, 1.165) is 23.9 Å². The number of amides is 1. The molecule has 1 saturated heterocycles. The third-order valence-electron chi connectivity index (χ3n) is 3.54. The van der Waals surface area contributed by atoms with E-state index in [1.54, 1.807) is 0 Å². The van der Waals surface area contributed by atoms with Crippen LogP contribution in [-0.2, 0) is 11.3 Å². The molecule has 1 aliphatic rings. The minimum Gasteiger partial charge on any atom is -0.371 e. The van der Waals surface area contributed by atoms with Gasteiger partial charge < -0.3 is 10.1 Å². The van der Waals surface area contributed by atoms with E-state index in [0.29, 0.717) is 6.54 Å². The average Bonchev–Trinajstić information content (AvgIpc) is 2.82. The molecule has 1 aliphatic heterocycles. The summed E-state index contributed by atoms with van der Waals surface area (Å²) >= 11 is 0. The molecule has 1 unspecified atom stereocenters. The molecule has 1 aromatic rings. The molecule has 0 radical (unpaired) electrons. The van der Waals surface area contributed by atoms with Crippen LogP contribution < -0.4 is 5.32 Å². The van der Waals surface area contributed by atoms with Crippen LogP contribution in [0.25, 0.3) is 0 Å². The Hall–Kier alpha value is -1.50. The van der Waals surface area contributed by atoms with Crippen LogP contribution in [0.2, 0.25) is 0 Å². The van der Waals surface area contributed by atoms with Crippen LogP contribution in [0.5, 0.6) is 0 Å². The molecule has 1 amide bonds. The lowest BCUT2D eigenvalue weighted by Crippen LogP contribution is -2.42. The summed E-state index contributed by atoms with van der Waals surface area (Å²) in [7, 11) is 0. The Kier molecular flexibility index (Phi) is 4.92. The molecule has 21 heavy (non-hydrogen) atoms. The number of aromatic nitrogens is 2. The lowest BCUT2D eigenvalue weighted by molar-refractivity contribution is -0.104. The fourth-order valence-electron chi connectivity index (χ4n) is 2.57. The largest absolute Gasteiger partial charge is 0.371 e. The van der Waals surface area contributed by atoms with E-state index in [2.05, 4.69) is 10.4 Å². The number of hydrogen-bond donors (Lipinski definition) is 1. The first-order chi connectivity index (χ1) is 9.87. The number of rotatable bonds is 5. The van der Waals surface area contributed by atoms with Gasteiger partial charge in [-0.2, -0.15) is 5.10 Å². The van der Waals surface area contributed by atoms with E-state index in [4.69, 9.17) is 4.74 Å². The first-order valence-corrected chi connectivity index (χ1v) is 7.13. The fraction of sp³-hybridized carbons (Fsp3) is 0.714. The van der Waals surface area contributed by atoms with E-state index in [1.807, 2.05) is 13.8 Å². The van der Waals surface area contributed by atoms with Gasteiger partial charge in [0.25, 0.3) is 12.3 Å². The molecule has 0 bridgehead atoms. The smallest absolute Gasteiger partial charge is 0.269 e. The topological polar surface area (TPSA) is 56.2 Å². The summed E-state index contributed by atoms with van der Waals surface area (Å²) in [6, 6.07) is 1.43. The van der Waals surface area contributed by atoms with Gasteiger partial charge in [-0.25, -0.2) is 8.78 Å². The van der Waals surface area contributed by atoms with Gasteiger partial charge in [-0.15, -0.1) is 0 Å². The molecule has 118 valence electrons. The number of hydrogen-bond acceptors (Lipinski definition) is 3. The van der Waals surface area contributed by atoms with Crippen LogP contribution in [-0.4, -0.2) is 40.4 Å². The predicted octanol–water partition coefficient (Wildman–Crippen LogP) is 2.23. The normalized spacial score (nSPS) is 21.5. The van der Waals surface area contributed by atoms with E-state index in [9.17, 15) is 13.6 Å². The summed E-state index contributed by atoms with van der Waals surface area (Å²) in [5.41, 5.74) is -0.0316. The zero-order valence-corrected chi connectivity index (χ0v) is 12.3. The number of alkyl halides is 2. The minimum atomic E-state index is -2.54. The molecule has 1 aromatic heterocycles. The van der Waals surface area contributed by atoms with Crippen LogP contribution in [0.1, 0.15) is 43.6 Å². The van der Waals surface area contributed by atoms with Gasteiger partial charge in [0.05, 0.1) is 11.7 Å². The number of carbonyl (C=O) groups excluding carboxylic acids is 1. The highest BCUT2D eigenvalue weighted by Crippen LogP contribution is 2.27. The van der Waals surface area contributed by atoms with Crippen LogP contribution >= 0.6 is 0 Å². The highest BCUT2D eigenvalue weighted by atomic mass is 19.3. The molecule has 0 saturated carbocycles. The molecule has 1 atom stereocenters. The third-order valence-corrected chi connectivity index (χ3v) is 3.54. The first kappa shape index (κ1) is 15.9. The highest BCUT2D eigenvalue weighted by molar-refractivity contribution is 5.92. The second-order valence-electron chi connectivity index (χ2n) is 5.89. The van der Waals surface area contributed by atoms with Gasteiger partial charge in [-0.1, -0.05) is 0 Å². The maximum Gasteiger partial charge on any atom is 0.269 e. The van der Waals surface area contributed by atoms with Crippen molar-refractivity contribution in [2.75, 3.05) is 6.54 Å². The minimum absolute atomic E-state index is 0.0378. The number of carbonyl (C=O) groups is 1. The number of nitrogens with zero attached hydrogens (tertiary/aromatic N) is 2. The summed E-state index contributed by atoms with van der Waals surface area (Å²) in [6.07, 6.45) is 1.70. The zero-order chi connectivity index (χ0) is 15.5. The van der Waals surface area contributed by atoms with E-state index >= 15 is 0 Å². The standard InChI is InChI=1S/C14H21F2N3O2/c1-14(2)6-3-4-10(21-14)8-17-13(20)11-5-7-18-19(11)9-12(15)16/h5,7,10,12H,3-4,6,8-9H2,1-2H3,(H,17,20). The van der Waals surface area contributed by atoms with Gasteiger partial charge in [0, 0.05) is 12.7 Å². The van der Waals surface area contributed by atoms with Crippen molar-refractivity contribution in [2.45, 2.75) is 57.8 Å². The van der Waals surface area contributed by atoms with Gasteiger partial charge in [0.2, 0.25) is 0 Å². The molecule has 1 fully saturated rings. The second-order valence-corrected chi connectivity index (χ2v) is 5.89. The van der Waals surface area contributed by atoms with Crippen molar-refractivity contribution in [3.8, 4) is 0 Å². The van der Waals surface area contributed by atoms with Crippen molar-refractivity contribution in [1.29, 1.82) is 0 Å². The molecule has 2 heterocycles. The van der Waals surface area contributed by atoms with Gasteiger partial charge in [0.15, 0.2) is 0 Å². The molecular weight excluding hydrogens is 280 g/mol. The van der Waals surface area contributed by atoms with Crippen LogP contribution in [0, 0.1) is 0 Å². The summed E-state index contributed by atoms with van der Waals surface area (Å²) in [6.45, 7) is 3.85. The fourth-order valence-corrected chi connectivity index (χ4v) is 2.57. The Balaban J connectivity index is 1.89.